The van der Waals surface area contributed by atoms with Crippen molar-refractivity contribution in [1.29, 1.82) is 0 Å². The molecule has 27 heavy (non-hydrogen) atoms. The van der Waals surface area contributed by atoms with E-state index in [1.807, 2.05) is 79.7 Å². The molecule has 1 amide bonds. The zero-order valence-corrected chi connectivity index (χ0v) is 15.7. The lowest BCUT2D eigenvalue weighted by Crippen LogP contribution is -2.26. The fraction of sp³-hybridized carbons (Fsp3) is 0.174. The summed E-state index contributed by atoms with van der Waals surface area (Å²) in [6.07, 6.45) is 0. The summed E-state index contributed by atoms with van der Waals surface area (Å²) >= 11 is 0. The molecule has 1 atom stereocenters. The molecule has 4 heteroatoms. The zero-order valence-electron chi connectivity index (χ0n) is 15.7. The second kappa shape index (κ2) is 8.41. The molecule has 0 spiro atoms. The van der Waals surface area contributed by atoms with Gasteiger partial charge in [-0.1, -0.05) is 42.5 Å². The van der Waals surface area contributed by atoms with Gasteiger partial charge in [0, 0.05) is 11.1 Å². The van der Waals surface area contributed by atoms with E-state index in [-0.39, 0.29) is 11.9 Å². The summed E-state index contributed by atoms with van der Waals surface area (Å²) in [4.78, 5) is 12.6. The molecule has 0 unspecified atom stereocenters. The van der Waals surface area contributed by atoms with Crippen molar-refractivity contribution in [1.82, 2.24) is 5.32 Å². The Kier molecular flexibility index (Phi) is 5.77. The number of hydrogen-bond donors (Lipinski definition) is 1. The molecule has 0 aliphatic rings. The first-order chi connectivity index (χ1) is 13.1. The molecule has 0 aliphatic heterocycles. The van der Waals surface area contributed by atoms with Gasteiger partial charge in [0.25, 0.3) is 5.91 Å². The predicted molar refractivity (Wildman–Crippen MR) is 107 cm³/mol. The van der Waals surface area contributed by atoms with Crippen LogP contribution < -0.4 is 14.8 Å². The van der Waals surface area contributed by atoms with Gasteiger partial charge in [0.2, 0.25) is 0 Å². The van der Waals surface area contributed by atoms with Crippen molar-refractivity contribution in [3.8, 4) is 22.6 Å². The zero-order chi connectivity index (χ0) is 19.2. The largest absolute Gasteiger partial charge is 0.497 e. The number of carbonyl (C=O) groups excluding carboxylic acids is 1. The van der Waals surface area contributed by atoms with Gasteiger partial charge in [-0.15, -0.1) is 0 Å². The lowest BCUT2D eigenvalue weighted by atomic mass is 10.0. The Morgan fingerprint density at radius 1 is 0.852 bits per heavy atom. The number of methoxy groups -OCH3 is 2. The predicted octanol–water partition coefficient (Wildman–Crippen LogP) is 4.86. The first-order valence-electron chi connectivity index (χ1n) is 8.80. The summed E-state index contributed by atoms with van der Waals surface area (Å²) in [6.45, 7) is 1.92. The van der Waals surface area contributed by atoms with Crippen LogP contribution in [-0.4, -0.2) is 20.1 Å². The molecule has 0 radical (unpaired) electrons. The third-order valence-electron chi connectivity index (χ3n) is 4.51. The molecule has 4 nitrogen and oxygen atoms in total. The summed E-state index contributed by atoms with van der Waals surface area (Å²) in [5.41, 5.74) is 3.68. The molecule has 0 bridgehead atoms. The Bertz CT molecular complexity index is 905. The first kappa shape index (κ1) is 18.5. The van der Waals surface area contributed by atoms with Crippen molar-refractivity contribution in [3.63, 3.8) is 0 Å². The van der Waals surface area contributed by atoms with Crippen LogP contribution in [0.25, 0.3) is 11.1 Å². The molecule has 138 valence electrons. The number of ether oxygens (including phenoxy) is 2. The summed E-state index contributed by atoms with van der Waals surface area (Å²) < 4.78 is 10.7. The molecule has 3 aromatic carbocycles. The summed E-state index contributed by atoms with van der Waals surface area (Å²) in [5, 5.41) is 3.02. The van der Waals surface area contributed by atoms with E-state index in [1.165, 1.54) is 0 Å². The lowest BCUT2D eigenvalue weighted by Gasteiger charge is -2.18. The number of carbonyl (C=O) groups is 1. The van der Waals surface area contributed by atoms with Crippen LogP contribution in [0.1, 0.15) is 28.9 Å². The highest BCUT2D eigenvalue weighted by Crippen LogP contribution is 2.29. The third kappa shape index (κ3) is 4.29. The molecule has 0 heterocycles. The molecular weight excluding hydrogens is 338 g/mol. The van der Waals surface area contributed by atoms with Gasteiger partial charge in [-0.2, -0.15) is 0 Å². The van der Waals surface area contributed by atoms with E-state index < -0.39 is 0 Å². The SMILES string of the molecule is COc1ccc(OC)c([C@H](C)NC(=O)c2ccc(-c3ccccc3)cc2)c1. The number of rotatable bonds is 6. The average Bonchev–Trinajstić information content (AvgIpc) is 2.73. The monoisotopic (exact) mass is 361 g/mol. The second-order valence-electron chi connectivity index (χ2n) is 6.25. The van der Waals surface area contributed by atoms with Gasteiger partial charge in [0.15, 0.2) is 0 Å². The minimum absolute atomic E-state index is 0.132. The number of nitrogens with one attached hydrogen (secondary N) is 1. The minimum atomic E-state index is -0.226. The van der Waals surface area contributed by atoms with Crippen molar-refractivity contribution in [2.75, 3.05) is 14.2 Å². The van der Waals surface area contributed by atoms with Gasteiger partial charge in [0.1, 0.15) is 11.5 Å². The molecule has 0 fully saturated rings. The number of benzene rings is 3. The topological polar surface area (TPSA) is 47.6 Å². The van der Waals surface area contributed by atoms with Crippen LogP contribution >= 0.6 is 0 Å². The minimum Gasteiger partial charge on any atom is -0.497 e. The standard InChI is InChI=1S/C23H23NO3/c1-16(21-15-20(26-2)13-14-22(21)27-3)24-23(25)19-11-9-18(10-12-19)17-7-5-4-6-8-17/h4-16H,1-3H3,(H,24,25)/t16-/m0/s1. The third-order valence-corrected chi connectivity index (χ3v) is 4.51. The fourth-order valence-corrected chi connectivity index (χ4v) is 2.98. The molecule has 3 aromatic rings. The summed E-state index contributed by atoms with van der Waals surface area (Å²) in [7, 11) is 3.23. The Balaban J connectivity index is 1.75. The highest BCUT2D eigenvalue weighted by molar-refractivity contribution is 5.95. The van der Waals surface area contributed by atoms with Gasteiger partial charge in [-0.05, 0) is 48.4 Å². The van der Waals surface area contributed by atoms with Crippen LogP contribution in [0.5, 0.6) is 11.5 Å². The van der Waals surface area contributed by atoms with Crippen molar-refractivity contribution < 1.29 is 14.3 Å². The van der Waals surface area contributed by atoms with Gasteiger partial charge < -0.3 is 14.8 Å². The molecule has 0 aliphatic carbocycles. The maximum atomic E-state index is 12.6. The average molecular weight is 361 g/mol. The van der Waals surface area contributed by atoms with E-state index in [2.05, 4.69) is 5.32 Å². The first-order valence-corrected chi connectivity index (χ1v) is 8.80. The summed E-state index contributed by atoms with van der Waals surface area (Å²) in [6, 6.07) is 23.0. The van der Waals surface area contributed by atoms with E-state index in [0.717, 1.165) is 22.4 Å². The van der Waals surface area contributed by atoms with Gasteiger partial charge >= 0.3 is 0 Å². The van der Waals surface area contributed by atoms with Gasteiger partial charge in [-0.25, -0.2) is 0 Å². The molecule has 0 saturated heterocycles. The molecular formula is C23H23NO3. The van der Waals surface area contributed by atoms with Crippen molar-refractivity contribution in [2.45, 2.75) is 13.0 Å². The quantitative estimate of drug-likeness (QED) is 0.682. The van der Waals surface area contributed by atoms with Crippen LogP contribution in [0.3, 0.4) is 0 Å². The van der Waals surface area contributed by atoms with Gasteiger partial charge in [-0.3, -0.25) is 4.79 Å². The maximum Gasteiger partial charge on any atom is 0.251 e. The van der Waals surface area contributed by atoms with Crippen LogP contribution in [0, 0.1) is 0 Å². The molecule has 3 rings (SSSR count). The van der Waals surface area contributed by atoms with E-state index in [0.29, 0.717) is 11.3 Å². The highest BCUT2D eigenvalue weighted by atomic mass is 16.5. The maximum absolute atomic E-state index is 12.6. The lowest BCUT2D eigenvalue weighted by molar-refractivity contribution is 0.0939. The Morgan fingerprint density at radius 2 is 1.52 bits per heavy atom. The van der Waals surface area contributed by atoms with Gasteiger partial charge in [0.05, 0.1) is 20.3 Å². The van der Waals surface area contributed by atoms with E-state index in [9.17, 15) is 4.79 Å². The van der Waals surface area contributed by atoms with Crippen LogP contribution in [0.4, 0.5) is 0 Å². The van der Waals surface area contributed by atoms with Crippen LogP contribution in [0.2, 0.25) is 0 Å². The van der Waals surface area contributed by atoms with Crippen molar-refractivity contribution >= 4 is 5.91 Å². The molecule has 1 N–H and O–H groups in total. The van der Waals surface area contributed by atoms with Crippen molar-refractivity contribution in [3.05, 3.63) is 83.9 Å². The fourth-order valence-electron chi connectivity index (χ4n) is 2.98. The number of hydrogen-bond acceptors (Lipinski definition) is 3. The Morgan fingerprint density at radius 3 is 2.15 bits per heavy atom. The number of amides is 1. The highest BCUT2D eigenvalue weighted by Gasteiger charge is 2.16. The normalized spacial score (nSPS) is 11.5. The smallest absolute Gasteiger partial charge is 0.251 e. The Hall–Kier alpha value is -3.27. The summed E-state index contributed by atoms with van der Waals surface area (Å²) in [5.74, 6) is 1.30. The van der Waals surface area contributed by atoms with E-state index >= 15 is 0 Å². The van der Waals surface area contributed by atoms with Crippen LogP contribution in [-0.2, 0) is 0 Å². The van der Waals surface area contributed by atoms with E-state index in [1.54, 1.807) is 14.2 Å². The Labute approximate surface area is 159 Å². The van der Waals surface area contributed by atoms with E-state index in [4.69, 9.17) is 9.47 Å². The molecule has 0 aromatic heterocycles. The second-order valence-corrected chi connectivity index (χ2v) is 6.25. The van der Waals surface area contributed by atoms with Crippen LogP contribution in [0.15, 0.2) is 72.8 Å². The van der Waals surface area contributed by atoms with Crippen molar-refractivity contribution in [2.24, 2.45) is 0 Å². The molecule has 0 saturated carbocycles.